The molecule has 6 aromatic rings. The van der Waals surface area contributed by atoms with Gasteiger partial charge in [0.05, 0.1) is 50.6 Å². The van der Waals surface area contributed by atoms with E-state index in [1.165, 1.54) is 30.2 Å². The molecule has 2 aliphatic heterocycles. The second-order valence-corrected chi connectivity index (χ2v) is 24.1. The van der Waals surface area contributed by atoms with E-state index in [1.54, 1.807) is 32.1 Å². The van der Waals surface area contributed by atoms with Gasteiger partial charge in [-0.15, -0.1) is 11.3 Å². The third-order valence-corrected chi connectivity index (χ3v) is 17.7. The van der Waals surface area contributed by atoms with Crippen molar-refractivity contribution in [3.8, 4) is 10.4 Å². The molecule has 17 heteroatoms. The van der Waals surface area contributed by atoms with Crippen molar-refractivity contribution in [3.63, 3.8) is 0 Å². The van der Waals surface area contributed by atoms with Crippen molar-refractivity contribution in [2.75, 3.05) is 26.2 Å². The third-order valence-electron chi connectivity index (χ3n) is 16.1. The maximum Gasteiger partial charge on any atom is 0.302 e. The zero-order valence-electron chi connectivity index (χ0n) is 43.1. The standard InChI is InChI=1S/C57H68BrFN8O6S/c1-34-49(74-33-60-34)38-19-17-37(18-20-38)43(61-51(69)47-31-41(73-35(2)68)32-65(47)53(71)50(56(3,4)5)62-54(72)57(59)25-26-57)15-7-6-10-27-64-28-23-36(24-29-64)39-21-22-44-46(30-39)66(40-12-8-9-13-40)55-63-52(70)48-42(58)14-11-16-45(48)67(44)55/h11,14,16-22,30,33,36,40-41,43,47,50H,6-10,12-13,15,23-29,31-32H2,1-5H3,(H,61,69)(H,62,72)/t41-,43+,47+,50-/m1/s1. The van der Waals surface area contributed by atoms with Crippen molar-refractivity contribution in [2.24, 2.45) is 5.41 Å². The number of amides is 3. The number of carbonyl (C=O) groups excluding carboxylic acids is 4. The number of alkyl halides is 1. The number of esters is 1. The Morgan fingerprint density at radius 2 is 1.68 bits per heavy atom. The number of aryl methyl sites for hydroxylation is 1. The van der Waals surface area contributed by atoms with Crippen LogP contribution in [-0.4, -0.2) is 102 Å². The van der Waals surface area contributed by atoms with Gasteiger partial charge in [-0.2, -0.15) is 4.98 Å². The molecule has 2 aliphatic carbocycles. The topological polar surface area (TPSA) is 160 Å². The maximum absolute atomic E-state index is 14.9. The summed E-state index contributed by atoms with van der Waals surface area (Å²) in [5.41, 5.74) is 6.20. The lowest BCUT2D eigenvalue weighted by atomic mass is 9.85. The molecule has 3 aromatic carbocycles. The quantitative estimate of drug-likeness (QED) is 0.0710. The van der Waals surface area contributed by atoms with Gasteiger partial charge in [0, 0.05) is 23.9 Å². The summed E-state index contributed by atoms with van der Waals surface area (Å²) in [4.78, 5) is 81.9. The molecule has 10 rings (SSSR count). The molecule has 3 aromatic heterocycles. The van der Waals surface area contributed by atoms with Crippen molar-refractivity contribution < 1.29 is 28.3 Å². The number of imidazole rings is 1. The van der Waals surface area contributed by atoms with Crippen molar-refractivity contribution >= 4 is 78.7 Å². The first-order valence-electron chi connectivity index (χ1n) is 26.6. The van der Waals surface area contributed by atoms with Crippen LogP contribution >= 0.6 is 27.3 Å². The van der Waals surface area contributed by atoms with Gasteiger partial charge in [0.15, 0.2) is 5.67 Å². The van der Waals surface area contributed by atoms with Crippen LogP contribution < -0.4 is 16.2 Å². The molecule has 14 nitrogen and oxygen atoms in total. The number of unbranched alkanes of at least 4 members (excludes halogenated alkanes) is 2. The number of nitrogens with one attached hydrogen (secondary N) is 2. The van der Waals surface area contributed by atoms with Gasteiger partial charge < -0.3 is 29.7 Å². The predicted octanol–water partition coefficient (Wildman–Crippen LogP) is 10.3. The van der Waals surface area contributed by atoms with Crippen LogP contribution in [0, 0.1) is 12.3 Å². The molecular formula is C57H68BrFN8O6S. The number of likely N-dealkylation sites (tertiary alicyclic amines) is 2. The molecule has 0 spiro atoms. The van der Waals surface area contributed by atoms with E-state index in [-0.39, 0.29) is 43.3 Å². The number of halogens is 2. The molecule has 2 N–H and O–H groups in total. The van der Waals surface area contributed by atoms with Crippen molar-refractivity contribution in [2.45, 2.75) is 160 Å². The van der Waals surface area contributed by atoms with Crippen LogP contribution in [0.15, 0.2) is 75.4 Å². The Morgan fingerprint density at radius 1 is 0.932 bits per heavy atom. The van der Waals surface area contributed by atoms with Crippen molar-refractivity contribution in [1.82, 2.24) is 39.4 Å². The summed E-state index contributed by atoms with van der Waals surface area (Å²) in [6.45, 7) is 11.6. The van der Waals surface area contributed by atoms with Gasteiger partial charge in [0.2, 0.25) is 17.6 Å². The second-order valence-electron chi connectivity index (χ2n) is 22.4. The van der Waals surface area contributed by atoms with E-state index in [2.05, 4.69) is 75.7 Å². The van der Waals surface area contributed by atoms with E-state index in [0.717, 1.165) is 113 Å². The molecular weight excluding hydrogens is 1020 g/mol. The number of benzene rings is 3. The van der Waals surface area contributed by atoms with Crippen LogP contribution in [0.2, 0.25) is 0 Å². The number of aromatic nitrogens is 4. The van der Waals surface area contributed by atoms with Gasteiger partial charge >= 0.3 is 5.97 Å². The number of ether oxygens (including phenoxy) is 1. The Kier molecular flexibility index (Phi) is 14.9. The molecule has 5 heterocycles. The zero-order valence-corrected chi connectivity index (χ0v) is 45.5. The van der Waals surface area contributed by atoms with Gasteiger partial charge in [0.1, 0.15) is 18.2 Å². The number of hydrogen-bond acceptors (Lipinski definition) is 10. The Labute approximate surface area is 443 Å². The van der Waals surface area contributed by atoms with Gasteiger partial charge in [-0.25, -0.2) is 9.37 Å². The predicted molar refractivity (Wildman–Crippen MR) is 290 cm³/mol. The highest BCUT2D eigenvalue weighted by Gasteiger charge is 2.53. The van der Waals surface area contributed by atoms with Crippen LogP contribution in [0.1, 0.15) is 146 Å². The van der Waals surface area contributed by atoms with Gasteiger partial charge in [-0.3, -0.25) is 28.4 Å². The first-order chi connectivity index (χ1) is 35.5. The first-order valence-corrected chi connectivity index (χ1v) is 28.3. The molecule has 2 saturated carbocycles. The fraction of sp³-hybridized carbons (Fsp3) is 0.526. The molecule has 4 atom stereocenters. The summed E-state index contributed by atoms with van der Waals surface area (Å²) in [5, 5.41) is 6.58. The van der Waals surface area contributed by atoms with E-state index < -0.39 is 47.1 Å². The van der Waals surface area contributed by atoms with E-state index in [1.807, 2.05) is 42.8 Å². The number of nitrogens with zero attached hydrogens (tertiary/aromatic N) is 6. The molecule has 74 heavy (non-hydrogen) atoms. The summed E-state index contributed by atoms with van der Waals surface area (Å²) >= 11 is 5.20. The molecule has 4 fully saturated rings. The Balaban J connectivity index is 0.802. The summed E-state index contributed by atoms with van der Waals surface area (Å²) in [5.74, 6) is -1.08. The van der Waals surface area contributed by atoms with Crippen LogP contribution in [0.5, 0.6) is 0 Å². The largest absolute Gasteiger partial charge is 0.461 e. The lowest BCUT2D eigenvalue weighted by Gasteiger charge is -2.36. The number of hydrogen-bond donors (Lipinski definition) is 2. The molecule has 4 aliphatic rings. The SMILES string of the molecule is CC(=O)O[C@@H]1C[C@@H](C(=O)N[C@@H](CCCCCN2CCC(c3ccc4c(c3)n(C3CCCC3)c3nc(=O)c5c(Br)cccc5n43)CC2)c2ccc(-c3scnc3C)cc2)N(C(=O)[C@@H](NC(=O)C2(F)CC2)C(C)(C)C)C1. The highest BCUT2D eigenvalue weighted by Crippen LogP contribution is 2.42. The Hall–Kier alpha value is -5.52. The minimum absolute atomic E-state index is 0.0250. The number of fused-ring (bicyclic) bond motifs is 5. The van der Waals surface area contributed by atoms with Gasteiger partial charge in [-0.05, 0) is 146 Å². The summed E-state index contributed by atoms with van der Waals surface area (Å²) in [7, 11) is 0. The summed E-state index contributed by atoms with van der Waals surface area (Å²) in [6.07, 6.45) is 9.69. The Bertz CT molecular complexity index is 3150. The minimum atomic E-state index is -1.99. The number of thiazole rings is 1. The number of carbonyl (C=O) groups is 4. The van der Waals surface area contributed by atoms with Gasteiger partial charge in [-0.1, -0.05) is 82.9 Å². The normalized spacial score (nSPS) is 20.3. The molecule has 2 saturated heterocycles. The van der Waals surface area contributed by atoms with E-state index >= 15 is 0 Å². The molecule has 3 amide bonds. The molecule has 0 unspecified atom stereocenters. The summed E-state index contributed by atoms with van der Waals surface area (Å²) in [6, 6.07) is 18.9. The minimum Gasteiger partial charge on any atom is -0.461 e. The number of rotatable bonds is 16. The molecule has 0 radical (unpaired) electrons. The van der Waals surface area contributed by atoms with Crippen LogP contribution in [-0.2, 0) is 23.9 Å². The lowest BCUT2D eigenvalue weighted by molar-refractivity contribution is -0.147. The average Bonchev–Trinajstić information content (AvgIpc) is 3.85. The van der Waals surface area contributed by atoms with E-state index in [4.69, 9.17) is 9.72 Å². The highest BCUT2D eigenvalue weighted by molar-refractivity contribution is 9.10. The first kappa shape index (κ1) is 51.9. The van der Waals surface area contributed by atoms with E-state index in [0.29, 0.717) is 23.8 Å². The van der Waals surface area contributed by atoms with Crippen LogP contribution in [0.3, 0.4) is 0 Å². The average molecular weight is 1090 g/mol. The zero-order chi connectivity index (χ0) is 52.1. The fourth-order valence-electron chi connectivity index (χ4n) is 11.8. The number of piperidine rings is 1. The van der Waals surface area contributed by atoms with Crippen LogP contribution in [0.25, 0.3) is 38.2 Å². The molecule has 0 bridgehead atoms. The fourth-order valence-corrected chi connectivity index (χ4v) is 13.2. The van der Waals surface area contributed by atoms with Gasteiger partial charge in [0.25, 0.3) is 11.5 Å². The second kappa shape index (κ2) is 21.2. The Morgan fingerprint density at radius 3 is 2.35 bits per heavy atom. The monoisotopic (exact) mass is 1090 g/mol. The molecule has 392 valence electrons. The third kappa shape index (κ3) is 10.7. The smallest absolute Gasteiger partial charge is 0.302 e. The summed E-state index contributed by atoms with van der Waals surface area (Å²) < 4.78 is 25.8. The maximum atomic E-state index is 14.9. The lowest BCUT2D eigenvalue weighted by Crippen LogP contribution is -2.59. The van der Waals surface area contributed by atoms with Crippen LogP contribution in [0.4, 0.5) is 4.39 Å². The van der Waals surface area contributed by atoms with E-state index in [9.17, 15) is 28.4 Å². The highest BCUT2D eigenvalue weighted by atomic mass is 79.9. The van der Waals surface area contributed by atoms with Crippen molar-refractivity contribution in [3.05, 3.63) is 97.8 Å². The van der Waals surface area contributed by atoms with Crippen molar-refractivity contribution in [1.29, 1.82) is 0 Å².